The lowest BCUT2D eigenvalue weighted by atomic mass is 10.0. The molecule has 1 fully saturated rings. The molecule has 2 rings (SSSR count). The highest BCUT2D eigenvalue weighted by molar-refractivity contribution is 8.26. The molecule has 1 N–H and O–H groups in total. The first-order valence-corrected chi connectivity index (χ1v) is 9.72. The fourth-order valence-electron chi connectivity index (χ4n) is 2.52. The van der Waals surface area contributed by atoms with E-state index in [1.807, 2.05) is 45.0 Å². The summed E-state index contributed by atoms with van der Waals surface area (Å²) in [6, 6.07) is 6.57. The van der Waals surface area contributed by atoms with E-state index in [0.29, 0.717) is 4.91 Å². The SMILES string of the molecule is Cc1ccc(/C=C2/SC(=S)N(CC(=O)N[C@H](CC(C)C)C(=O)[O-])C2=O)cc1. The van der Waals surface area contributed by atoms with Gasteiger partial charge in [-0.2, -0.15) is 0 Å². The number of carboxylic acid groups (broad SMARTS) is 1. The average molecular weight is 406 g/mol. The summed E-state index contributed by atoms with van der Waals surface area (Å²) in [5.41, 5.74) is 1.97. The number of carboxylic acids is 1. The molecule has 0 radical (unpaired) electrons. The molecule has 1 saturated heterocycles. The van der Waals surface area contributed by atoms with E-state index in [0.717, 1.165) is 22.9 Å². The van der Waals surface area contributed by atoms with Gasteiger partial charge in [0.25, 0.3) is 5.91 Å². The number of carbonyl (C=O) groups excluding carboxylic acids is 3. The number of aliphatic carboxylic acids is 1. The zero-order valence-electron chi connectivity index (χ0n) is 15.4. The Labute approximate surface area is 168 Å². The molecule has 1 aliphatic heterocycles. The Kier molecular flexibility index (Phi) is 7.15. The van der Waals surface area contributed by atoms with Crippen LogP contribution in [0.5, 0.6) is 0 Å². The lowest BCUT2D eigenvalue weighted by Crippen LogP contribution is -2.51. The van der Waals surface area contributed by atoms with Crippen molar-refractivity contribution < 1.29 is 19.5 Å². The number of hydrogen-bond donors (Lipinski definition) is 1. The molecule has 144 valence electrons. The van der Waals surface area contributed by atoms with E-state index >= 15 is 0 Å². The predicted octanol–water partition coefficient (Wildman–Crippen LogP) is 1.48. The highest BCUT2D eigenvalue weighted by atomic mass is 32.2. The smallest absolute Gasteiger partial charge is 0.266 e. The fourth-order valence-corrected chi connectivity index (χ4v) is 3.77. The molecular formula is C19H21N2O4S2-. The summed E-state index contributed by atoms with van der Waals surface area (Å²) in [6.07, 6.45) is 1.97. The van der Waals surface area contributed by atoms with Gasteiger partial charge in [0.15, 0.2) is 0 Å². The third kappa shape index (κ3) is 5.90. The standard InChI is InChI=1S/C19H22N2O4S2/c1-11(2)8-14(18(24)25)20-16(22)10-21-17(23)15(27-19(21)26)9-13-6-4-12(3)5-7-13/h4-7,9,11,14H,8,10H2,1-3H3,(H,20,22)(H,24,25)/p-1/b15-9+/t14-/m1/s1. The summed E-state index contributed by atoms with van der Waals surface area (Å²) in [5.74, 6) is -2.23. The van der Waals surface area contributed by atoms with Crippen molar-refractivity contribution in [3.8, 4) is 0 Å². The Morgan fingerprint density at radius 1 is 1.30 bits per heavy atom. The fraction of sp³-hybridized carbons (Fsp3) is 0.368. The van der Waals surface area contributed by atoms with Crippen LogP contribution in [0.4, 0.5) is 0 Å². The molecule has 0 spiro atoms. The number of amides is 2. The minimum Gasteiger partial charge on any atom is -0.548 e. The lowest BCUT2D eigenvalue weighted by Gasteiger charge is -2.23. The van der Waals surface area contributed by atoms with Crippen LogP contribution in [0.2, 0.25) is 0 Å². The number of aryl methyl sites for hydroxylation is 1. The van der Waals surface area contributed by atoms with E-state index in [1.54, 1.807) is 6.08 Å². The van der Waals surface area contributed by atoms with Crippen LogP contribution in [0, 0.1) is 12.8 Å². The first-order chi connectivity index (χ1) is 12.7. The van der Waals surface area contributed by atoms with Crippen molar-refractivity contribution in [3.63, 3.8) is 0 Å². The van der Waals surface area contributed by atoms with Gasteiger partial charge in [0, 0.05) is 0 Å². The summed E-state index contributed by atoms with van der Waals surface area (Å²) in [4.78, 5) is 37.5. The number of hydrogen-bond acceptors (Lipinski definition) is 6. The van der Waals surface area contributed by atoms with Crippen molar-refractivity contribution in [2.75, 3.05) is 6.54 Å². The number of carbonyl (C=O) groups is 3. The second-order valence-electron chi connectivity index (χ2n) is 6.75. The van der Waals surface area contributed by atoms with Gasteiger partial charge in [0.1, 0.15) is 10.9 Å². The van der Waals surface area contributed by atoms with Gasteiger partial charge in [0.2, 0.25) is 5.91 Å². The van der Waals surface area contributed by atoms with Crippen LogP contribution < -0.4 is 10.4 Å². The molecular weight excluding hydrogens is 384 g/mol. The summed E-state index contributed by atoms with van der Waals surface area (Å²) in [7, 11) is 0. The van der Waals surface area contributed by atoms with E-state index < -0.39 is 17.9 Å². The first-order valence-electron chi connectivity index (χ1n) is 8.49. The number of thiocarbonyl (C=S) groups is 1. The minimum absolute atomic E-state index is 0.0716. The normalized spacial score (nSPS) is 16.9. The Balaban J connectivity index is 2.05. The van der Waals surface area contributed by atoms with Crippen molar-refractivity contribution >= 4 is 52.2 Å². The summed E-state index contributed by atoms with van der Waals surface area (Å²) < 4.78 is 0.266. The van der Waals surface area contributed by atoms with Gasteiger partial charge in [-0.05, 0) is 30.9 Å². The van der Waals surface area contributed by atoms with Crippen molar-refractivity contribution in [2.45, 2.75) is 33.2 Å². The van der Waals surface area contributed by atoms with Gasteiger partial charge in [-0.15, -0.1) is 0 Å². The van der Waals surface area contributed by atoms with Crippen molar-refractivity contribution in [1.82, 2.24) is 10.2 Å². The Bertz CT molecular complexity index is 787. The molecule has 1 atom stereocenters. The van der Waals surface area contributed by atoms with Gasteiger partial charge in [-0.3, -0.25) is 14.5 Å². The Morgan fingerprint density at radius 3 is 2.48 bits per heavy atom. The van der Waals surface area contributed by atoms with E-state index in [4.69, 9.17) is 12.2 Å². The number of rotatable bonds is 7. The van der Waals surface area contributed by atoms with Crippen LogP contribution in [-0.2, 0) is 14.4 Å². The minimum atomic E-state index is -1.35. The number of nitrogens with one attached hydrogen (secondary N) is 1. The van der Waals surface area contributed by atoms with Crippen LogP contribution in [0.1, 0.15) is 31.4 Å². The maximum absolute atomic E-state index is 12.6. The summed E-state index contributed by atoms with van der Waals surface area (Å²) >= 11 is 6.32. The molecule has 0 bridgehead atoms. The molecule has 1 aliphatic rings. The second-order valence-corrected chi connectivity index (χ2v) is 8.42. The van der Waals surface area contributed by atoms with Crippen molar-refractivity contribution in [3.05, 3.63) is 40.3 Å². The molecule has 0 saturated carbocycles. The van der Waals surface area contributed by atoms with Gasteiger partial charge in [-0.25, -0.2) is 0 Å². The summed E-state index contributed by atoms with van der Waals surface area (Å²) in [5, 5.41) is 13.6. The quantitative estimate of drug-likeness (QED) is 0.546. The monoisotopic (exact) mass is 405 g/mol. The lowest BCUT2D eigenvalue weighted by molar-refractivity contribution is -0.308. The van der Waals surface area contributed by atoms with Crippen molar-refractivity contribution in [1.29, 1.82) is 0 Å². The van der Waals surface area contributed by atoms with Gasteiger partial charge in [-0.1, -0.05) is 67.7 Å². The molecule has 1 aromatic carbocycles. The molecule has 0 aromatic heterocycles. The molecule has 27 heavy (non-hydrogen) atoms. The summed E-state index contributed by atoms with van der Waals surface area (Å²) in [6.45, 7) is 5.35. The Morgan fingerprint density at radius 2 is 1.93 bits per heavy atom. The van der Waals surface area contributed by atoms with E-state index in [2.05, 4.69) is 5.32 Å². The molecule has 8 heteroatoms. The van der Waals surface area contributed by atoms with E-state index in [9.17, 15) is 19.5 Å². The maximum Gasteiger partial charge on any atom is 0.266 e. The Hall–Kier alpha value is -2.19. The molecule has 0 aliphatic carbocycles. The second kappa shape index (κ2) is 9.14. The highest BCUT2D eigenvalue weighted by Crippen LogP contribution is 2.32. The third-order valence-electron chi connectivity index (χ3n) is 3.88. The van der Waals surface area contributed by atoms with Crippen LogP contribution >= 0.6 is 24.0 Å². The zero-order chi connectivity index (χ0) is 20.1. The molecule has 6 nitrogen and oxygen atoms in total. The third-order valence-corrected chi connectivity index (χ3v) is 5.26. The van der Waals surface area contributed by atoms with Crippen LogP contribution in [0.25, 0.3) is 6.08 Å². The number of nitrogens with zero attached hydrogens (tertiary/aromatic N) is 1. The first kappa shape index (κ1) is 21.1. The van der Waals surface area contributed by atoms with Gasteiger partial charge >= 0.3 is 0 Å². The van der Waals surface area contributed by atoms with Crippen LogP contribution in [0.15, 0.2) is 29.2 Å². The topological polar surface area (TPSA) is 89.5 Å². The van der Waals surface area contributed by atoms with Crippen molar-refractivity contribution in [2.24, 2.45) is 5.92 Å². The highest BCUT2D eigenvalue weighted by Gasteiger charge is 2.33. The van der Waals surface area contributed by atoms with Crippen LogP contribution in [-0.4, -0.2) is 39.6 Å². The zero-order valence-corrected chi connectivity index (χ0v) is 17.0. The van der Waals surface area contributed by atoms with E-state index in [-0.39, 0.29) is 29.1 Å². The van der Waals surface area contributed by atoms with Gasteiger partial charge < -0.3 is 15.2 Å². The van der Waals surface area contributed by atoms with Crippen LogP contribution in [0.3, 0.4) is 0 Å². The predicted molar refractivity (Wildman–Crippen MR) is 107 cm³/mol. The number of thioether (sulfide) groups is 1. The number of benzene rings is 1. The largest absolute Gasteiger partial charge is 0.548 e. The molecule has 1 aromatic rings. The maximum atomic E-state index is 12.6. The molecule has 2 amide bonds. The van der Waals surface area contributed by atoms with Gasteiger partial charge in [0.05, 0.1) is 16.9 Å². The average Bonchev–Trinajstić information content (AvgIpc) is 2.83. The van der Waals surface area contributed by atoms with E-state index in [1.165, 1.54) is 4.90 Å². The molecule has 1 heterocycles. The molecule has 0 unspecified atom stereocenters.